The van der Waals surface area contributed by atoms with Crippen molar-refractivity contribution in [1.29, 1.82) is 0 Å². The van der Waals surface area contributed by atoms with Gasteiger partial charge in [-0.25, -0.2) is 13.2 Å². The number of benzene rings is 1. The molecular formula is C18H20N2O5S. The third kappa shape index (κ3) is 4.27. The fraction of sp³-hybridized carbons (Fsp3) is 0.333. The first-order valence-corrected chi connectivity index (χ1v) is 9.75. The third-order valence-electron chi connectivity index (χ3n) is 4.25. The first-order valence-electron chi connectivity index (χ1n) is 8.31. The normalized spacial score (nSPS) is 17.5. The van der Waals surface area contributed by atoms with Crippen LogP contribution in [0.5, 0.6) is 0 Å². The second-order valence-corrected chi connectivity index (χ2v) is 8.06. The van der Waals surface area contributed by atoms with Gasteiger partial charge in [0.2, 0.25) is 10.0 Å². The smallest absolute Gasteiger partial charge is 0.335 e. The SMILES string of the molecule is O=C(O)c1ccc(S(=O)(=O)N(Cc2cccnc2)CC2CCCO2)cc1. The van der Waals surface area contributed by atoms with Gasteiger partial charge >= 0.3 is 5.97 Å². The van der Waals surface area contributed by atoms with Crippen LogP contribution < -0.4 is 0 Å². The summed E-state index contributed by atoms with van der Waals surface area (Å²) in [4.78, 5) is 15.1. The second-order valence-electron chi connectivity index (χ2n) is 6.12. The van der Waals surface area contributed by atoms with Gasteiger partial charge < -0.3 is 9.84 Å². The van der Waals surface area contributed by atoms with E-state index < -0.39 is 16.0 Å². The molecule has 1 aliphatic heterocycles. The molecule has 1 saturated heterocycles. The Labute approximate surface area is 152 Å². The summed E-state index contributed by atoms with van der Waals surface area (Å²) in [6, 6.07) is 8.81. The molecule has 1 atom stereocenters. The lowest BCUT2D eigenvalue weighted by molar-refractivity contribution is 0.0696. The van der Waals surface area contributed by atoms with Crippen LogP contribution in [0.4, 0.5) is 0 Å². The van der Waals surface area contributed by atoms with E-state index in [1.807, 2.05) is 6.07 Å². The average Bonchev–Trinajstić information content (AvgIpc) is 3.15. The minimum Gasteiger partial charge on any atom is -0.478 e. The minimum atomic E-state index is -3.80. The number of sulfonamides is 1. The zero-order valence-corrected chi connectivity index (χ0v) is 14.9. The summed E-state index contributed by atoms with van der Waals surface area (Å²) < 4.78 is 33.2. The fourth-order valence-electron chi connectivity index (χ4n) is 2.88. The van der Waals surface area contributed by atoms with Crippen molar-refractivity contribution in [1.82, 2.24) is 9.29 Å². The van der Waals surface area contributed by atoms with Crippen molar-refractivity contribution in [3.05, 3.63) is 59.9 Å². The molecular weight excluding hydrogens is 356 g/mol. The largest absolute Gasteiger partial charge is 0.478 e. The number of rotatable bonds is 7. The van der Waals surface area contributed by atoms with E-state index in [0.717, 1.165) is 18.4 Å². The highest BCUT2D eigenvalue weighted by Crippen LogP contribution is 2.22. The van der Waals surface area contributed by atoms with Crippen molar-refractivity contribution in [2.24, 2.45) is 0 Å². The molecule has 7 nitrogen and oxygen atoms in total. The van der Waals surface area contributed by atoms with Crippen LogP contribution in [-0.2, 0) is 21.3 Å². The van der Waals surface area contributed by atoms with Crippen LogP contribution in [0.2, 0.25) is 0 Å². The highest BCUT2D eigenvalue weighted by Gasteiger charge is 2.29. The Kier molecular flexibility index (Phi) is 5.65. The molecule has 1 aromatic heterocycles. The molecule has 1 N–H and O–H groups in total. The number of carboxylic acids is 1. The van der Waals surface area contributed by atoms with Crippen LogP contribution in [0.3, 0.4) is 0 Å². The van der Waals surface area contributed by atoms with Crippen LogP contribution in [0.25, 0.3) is 0 Å². The van der Waals surface area contributed by atoms with Gasteiger partial charge in [0, 0.05) is 32.1 Å². The van der Waals surface area contributed by atoms with Crippen LogP contribution in [-0.4, -0.2) is 48.0 Å². The van der Waals surface area contributed by atoms with Gasteiger partial charge in [-0.2, -0.15) is 4.31 Å². The van der Waals surface area contributed by atoms with E-state index in [9.17, 15) is 13.2 Å². The molecule has 2 aromatic rings. The van der Waals surface area contributed by atoms with Crippen molar-refractivity contribution < 1.29 is 23.1 Å². The van der Waals surface area contributed by atoms with Gasteiger partial charge in [0.15, 0.2) is 0 Å². The fourth-order valence-corrected chi connectivity index (χ4v) is 4.34. The Hall–Kier alpha value is -2.29. The van der Waals surface area contributed by atoms with Gasteiger partial charge in [-0.1, -0.05) is 6.07 Å². The maximum Gasteiger partial charge on any atom is 0.335 e. The van der Waals surface area contributed by atoms with Crippen LogP contribution in [0, 0.1) is 0 Å². The number of hydrogen-bond acceptors (Lipinski definition) is 5. The number of carboxylic acid groups (broad SMARTS) is 1. The summed E-state index contributed by atoms with van der Waals surface area (Å²) in [5, 5.41) is 8.99. The van der Waals surface area contributed by atoms with E-state index in [-0.39, 0.29) is 29.7 Å². The summed E-state index contributed by atoms with van der Waals surface area (Å²) in [6.07, 6.45) is 4.86. The lowest BCUT2D eigenvalue weighted by Crippen LogP contribution is -2.37. The molecule has 0 spiro atoms. The summed E-state index contributed by atoms with van der Waals surface area (Å²) >= 11 is 0. The lowest BCUT2D eigenvalue weighted by atomic mass is 10.2. The summed E-state index contributed by atoms with van der Waals surface area (Å²) in [5.74, 6) is -1.10. The van der Waals surface area contributed by atoms with Crippen LogP contribution in [0.1, 0.15) is 28.8 Å². The van der Waals surface area contributed by atoms with E-state index in [1.165, 1.54) is 28.6 Å². The maximum absolute atomic E-state index is 13.1. The van der Waals surface area contributed by atoms with Gasteiger partial charge in [-0.3, -0.25) is 4.98 Å². The van der Waals surface area contributed by atoms with Gasteiger partial charge in [0.05, 0.1) is 16.6 Å². The summed E-state index contributed by atoms with van der Waals surface area (Å²) in [5.41, 5.74) is 0.818. The van der Waals surface area contributed by atoms with E-state index in [0.29, 0.717) is 6.61 Å². The molecule has 1 aromatic carbocycles. The molecule has 8 heteroatoms. The monoisotopic (exact) mass is 376 g/mol. The van der Waals surface area contributed by atoms with E-state index in [1.54, 1.807) is 18.5 Å². The quantitative estimate of drug-likeness (QED) is 0.795. The Bertz CT molecular complexity index is 847. The van der Waals surface area contributed by atoms with Crippen molar-refractivity contribution in [2.75, 3.05) is 13.2 Å². The minimum absolute atomic E-state index is 0.0434. The molecule has 2 heterocycles. The maximum atomic E-state index is 13.1. The van der Waals surface area contributed by atoms with E-state index in [4.69, 9.17) is 9.84 Å². The van der Waals surface area contributed by atoms with Gasteiger partial charge in [-0.05, 0) is 48.7 Å². The van der Waals surface area contributed by atoms with E-state index >= 15 is 0 Å². The highest BCUT2D eigenvalue weighted by atomic mass is 32.2. The van der Waals surface area contributed by atoms with Crippen molar-refractivity contribution in [2.45, 2.75) is 30.4 Å². The molecule has 138 valence electrons. The number of ether oxygens (including phenoxy) is 1. The molecule has 0 amide bonds. The Balaban J connectivity index is 1.88. The summed E-state index contributed by atoms with van der Waals surface area (Å²) in [7, 11) is -3.80. The number of carbonyl (C=O) groups is 1. The first-order chi connectivity index (χ1) is 12.5. The molecule has 0 radical (unpaired) electrons. The number of aromatic nitrogens is 1. The number of pyridine rings is 1. The van der Waals surface area contributed by atoms with Crippen molar-refractivity contribution in [3.8, 4) is 0 Å². The highest BCUT2D eigenvalue weighted by molar-refractivity contribution is 7.89. The van der Waals surface area contributed by atoms with Gasteiger partial charge in [0.1, 0.15) is 0 Å². The molecule has 0 saturated carbocycles. The Morgan fingerprint density at radius 2 is 2.04 bits per heavy atom. The van der Waals surface area contributed by atoms with Crippen molar-refractivity contribution >= 4 is 16.0 Å². The number of nitrogens with zero attached hydrogens (tertiary/aromatic N) is 2. The number of aromatic carboxylic acids is 1. The van der Waals surface area contributed by atoms with Crippen LogP contribution in [0.15, 0.2) is 53.7 Å². The predicted molar refractivity (Wildman–Crippen MR) is 94.2 cm³/mol. The molecule has 1 unspecified atom stereocenters. The molecule has 1 aliphatic rings. The van der Waals surface area contributed by atoms with E-state index in [2.05, 4.69) is 4.98 Å². The molecule has 26 heavy (non-hydrogen) atoms. The van der Waals surface area contributed by atoms with Crippen LogP contribution >= 0.6 is 0 Å². The first kappa shape index (κ1) is 18.5. The topological polar surface area (TPSA) is 96.8 Å². The average molecular weight is 376 g/mol. The van der Waals surface area contributed by atoms with Gasteiger partial charge in [0.25, 0.3) is 0 Å². The lowest BCUT2D eigenvalue weighted by Gasteiger charge is -2.25. The summed E-state index contributed by atoms with van der Waals surface area (Å²) in [6.45, 7) is 1.06. The molecule has 0 aliphatic carbocycles. The third-order valence-corrected chi connectivity index (χ3v) is 6.08. The zero-order valence-electron chi connectivity index (χ0n) is 14.1. The Morgan fingerprint density at radius 3 is 2.62 bits per heavy atom. The molecule has 1 fully saturated rings. The standard InChI is InChI=1S/C18H20N2O5S/c21-18(22)15-5-7-17(8-6-15)26(23,24)20(13-16-4-2-10-25-16)12-14-3-1-9-19-11-14/h1,3,5-9,11,16H,2,4,10,12-13H2,(H,21,22). The molecule has 3 rings (SSSR count). The van der Waals surface area contributed by atoms with Crippen molar-refractivity contribution in [3.63, 3.8) is 0 Å². The van der Waals surface area contributed by atoms with Gasteiger partial charge in [-0.15, -0.1) is 0 Å². The Morgan fingerprint density at radius 1 is 1.27 bits per heavy atom. The predicted octanol–water partition coefficient (Wildman–Crippen LogP) is 2.15. The zero-order chi connectivity index (χ0) is 18.6. The second kappa shape index (κ2) is 7.94. The number of hydrogen-bond donors (Lipinski definition) is 1. The molecule has 0 bridgehead atoms.